The Hall–Kier alpha value is -5.47. The first-order valence-electron chi connectivity index (χ1n) is 25.9. The number of rotatable bonds is 8. The van der Waals surface area contributed by atoms with Crippen LogP contribution in [0.25, 0.3) is 0 Å². The number of cyclic esters (lactones) is 4. The number of aldehydes is 1. The van der Waals surface area contributed by atoms with Crippen molar-refractivity contribution < 1.29 is 101 Å². The Kier molecular flexibility index (Phi) is 19.6. The quantitative estimate of drug-likeness (QED) is 0.198. The highest BCUT2D eigenvalue weighted by molar-refractivity contribution is 5.83. The Labute approximate surface area is 431 Å². The second-order valence-corrected chi connectivity index (χ2v) is 21.8. The van der Waals surface area contributed by atoms with Crippen LogP contribution in [0, 0.1) is 94.7 Å². The summed E-state index contributed by atoms with van der Waals surface area (Å²) in [6.45, 7) is 21.6. The number of aliphatic hydroxyl groups is 1. The van der Waals surface area contributed by atoms with Crippen LogP contribution in [0.5, 0.6) is 0 Å². The second kappa shape index (κ2) is 24.5. The summed E-state index contributed by atoms with van der Waals surface area (Å²) < 4.78 is 41.8. The number of hydrogen-bond acceptors (Lipinski definition) is 20. The van der Waals surface area contributed by atoms with E-state index in [1.807, 2.05) is 41.5 Å². The van der Waals surface area contributed by atoms with Crippen molar-refractivity contribution in [3.63, 3.8) is 0 Å². The van der Waals surface area contributed by atoms with Crippen molar-refractivity contribution in [2.45, 2.75) is 165 Å². The molecule has 4 aliphatic heterocycles. The third kappa shape index (κ3) is 12.6. The fraction of sp³-hybridized carbons (Fsp3) is 0.792. The largest absolute Gasteiger partial charge is 0.481 e. The number of carbonyl (C=O) groups is 11. The lowest BCUT2D eigenvalue weighted by molar-refractivity contribution is -0.166. The first kappa shape index (κ1) is 59.4. The molecule has 0 unspecified atom stereocenters. The van der Waals surface area contributed by atoms with Crippen LogP contribution in [0.1, 0.15) is 116 Å². The first-order valence-corrected chi connectivity index (χ1v) is 25.9. The van der Waals surface area contributed by atoms with Crippen molar-refractivity contribution >= 4 is 65.8 Å². The van der Waals surface area contributed by atoms with Gasteiger partial charge in [-0.1, -0.05) is 27.7 Å². The molecule has 24 atom stereocenters. The molecule has 0 amide bonds. The van der Waals surface area contributed by atoms with Gasteiger partial charge in [0.05, 0.1) is 29.6 Å². The van der Waals surface area contributed by atoms with E-state index in [1.54, 1.807) is 13.8 Å². The molecule has 8 aliphatic rings. The average molecular weight is 1050 g/mol. The van der Waals surface area contributed by atoms with Crippen molar-refractivity contribution in [3.05, 3.63) is 0 Å². The number of carbonyl (C=O) groups excluding carboxylic acids is 10. The highest BCUT2D eigenvalue weighted by Gasteiger charge is 2.59. The van der Waals surface area contributed by atoms with Gasteiger partial charge in [0.2, 0.25) is 0 Å². The minimum atomic E-state index is -0.968. The number of hydrogen-bond donors (Lipinski definition) is 2. The molecule has 0 radical (unpaired) electrons. The molecule has 414 valence electrons. The maximum atomic E-state index is 11.9. The van der Waals surface area contributed by atoms with Crippen molar-refractivity contribution in [1.82, 2.24) is 0 Å². The predicted octanol–water partition coefficient (Wildman–Crippen LogP) is 3.87. The number of carboxylic acids is 1. The Bertz CT molecular complexity index is 2080. The minimum absolute atomic E-state index is 0.0128. The SMILES string of the molecule is CC(=O)O[C@@H]1C[C@H]2C(=O)O[C@H](C)[C@H]2[C@@H](C(=O)O)[C@@H]1C.CC(=O)O[C@@H]1C[C@H]2C(=O)O[C@H](C)[C@H]2[C@@H](C(C)=O)[C@@H]1C.CC(=O)O[C@@H]1C[C@H]2C(=O)O[C@H](C)[C@H]2[C@@H](C=O)[C@@H]1C.CC(=O)O[C@@H]1C[C@H]2C(=O)O[C@H](C)[C@H]2[C@@H](CO)[C@@H]1C. The predicted molar refractivity (Wildman–Crippen MR) is 253 cm³/mol. The van der Waals surface area contributed by atoms with Gasteiger partial charge in [0.15, 0.2) is 0 Å². The summed E-state index contributed by atoms with van der Waals surface area (Å²) in [5.74, 6) is -7.37. The van der Waals surface area contributed by atoms with Gasteiger partial charge in [0, 0.05) is 87.6 Å². The van der Waals surface area contributed by atoms with Gasteiger partial charge < -0.3 is 52.9 Å². The maximum Gasteiger partial charge on any atom is 0.309 e. The van der Waals surface area contributed by atoms with Gasteiger partial charge in [-0.15, -0.1) is 0 Å². The summed E-state index contributed by atoms with van der Waals surface area (Å²) >= 11 is 0. The monoisotopic (exact) mass is 1050 g/mol. The minimum Gasteiger partial charge on any atom is -0.481 e. The van der Waals surface area contributed by atoms with Crippen molar-refractivity contribution in [2.75, 3.05) is 6.61 Å². The lowest BCUT2D eigenvalue weighted by Gasteiger charge is -2.41. The van der Waals surface area contributed by atoms with Crippen LogP contribution in [0.3, 0.4) is 0 Å². The second-order valence-electron chi connectivity index (χ2n) is 21.8. The number of fused-ring (bicyclic) bond motifs is 4. The van der Waals surface area contributed by atoms with E-state index in [-0.39, 0.29) is 174 Å². The lowest BCUT2D eigenvalue weighted by atomic mass is 9.64. The molecule has 0 aromatic rings. The molecule has 4 aliphatic carbocycles. The molecule has 4 saturated heterocycles. The Balaban J connectivity index is 0.000000183. The number of aliphatic hydroxyl groups excluding tert-OH is 1. The maximum absolute atomic E-state index is 11.9. The summed E-state index contributed by atoms with van der Waals surface area (Å²) in [5, 5.41) is 19.0. The van der Waals surface area contributed by atoms with Crippen LogP contribution in [-0.4, -0.2) is 131 Å². The van der Waals surface area contributed by atoms with Crippen molar-refractivity contribution in [3.8, 4) is 0 Å². The highest BCUT2D eigenvalue weighted by Crippen LogP contribution is 2.50. The van der Waals surface area contributed by atoms with Crippen LogP contribution in [0.4, 0.5) is 0 Å². The van der Waals surface area contributed by atoms with Crippen LogP contribution in [0.2, 0.25) is 0 Å². The van der Waals surface area contributed by atoms with Crippen LogP contribution in [0.15, 0.2) is 0 Å². The molecule has 0 aromatic heterocycles. The van der Waals surface area contributed by atoms with Gasteiger partial charge >= 0.3 is 53.7 Å². The smallest absolute Gasteiger partial charge is 0.309 e. The molecule has 0 aromatic carbocycles. The topological polar surface area (TPSA) is 302 Å². The fourth-order valence-corrected chi connectivity index (χ4v) is 13.9. The van der Waals surface area contributed by atoms with E-state index in [0.29, 0.717) is 25.7 Å². The summed E-state index contributed by atoms with van der Waals surface area (Å²) in [6, 6.07) is 0. The number of Topliss-reactive ketones (excluding diaryl/α,β-unsaturated/α-hetero) is 1. The molecule has 0 spiro atoms. The summed E-state index contributed by atoms with van der Waals surface area (Å²) in [7, 11) is 0. The molecule has 0 bridgehead atoms. The van der Waals surface area contributed by atoms with Crippen LogP contribution < -0.4 is 0 Å². The van der Waals surface area contributed by atoms with E-state index < -0.39 is 36.0 Å². The van der Waals surface area contributed by atoms with Crippen LogP contribution in [-0.2, 0) is 90.6 Å². The molecule has 2 N–H and O–H groups in total. The number of aliphatic carboxylic acids is 1. The lowest BCUT2D eigenvalue weighted by Crippen LogP contribution is -2.48. The Morgan fingerprint density at radius 2 is 0.770 bits per heavy atom. The standard InChI is InChI=1S/C14H20O5.C13H18O6.C13H20O5.C13H18O5/c1-6-11(19-9(4)16)5-10-13(12(6)7(2)15)8(3)18-14(10)17;1-5-9(19-7(3)14)4-8-11(10(5)12(15)16)6(2)18-13(8)17;2*1-6-10(5-14)12-7(2)17-13(16)9(12)4-11(6)18-8(3)15/h6,8,10-13H,5H2,1-4H3;5-6,8-11H,4H2,1-3H3,(H,15,16);6-7,9-12,14H,4-5H2,1-3H3;5-7,9-12H,4H2,1-3H3/t6-,8-,10-,11-,12-,13-;5-,6-,8-,9-,10+,11-;2*6-,7+,9+,10-,11+,12+/m1100/s1. The zero-order valence-corrected chi connectivity index (χ0v) is 44.6. The van der Waals surface area contributed by atoms with Gasteiger partial charge in [-0.2, -0.15) is 0 Å². The number of esters is 8. The highest BCUT2D eigenvalue weighted by atomic mass is 16.6. The molecule has 21 nitrogen and oxygen atoms in total. The van der Waals surface area contributed by atoms with E-state index in [0.717, 1.165) is 6.29 Å². The summed E-state index contributed by atoms with van der Waals surface area (Å²) in [6.07, 6.45) is -0.0268. The normalized spacial score (nSPS) is 42.2. The van der Waals surface area contributed by atoms with Crippen molar-refractivity contribution in [2.24, 2.45) is 94.7 Å². The Morgan fingerprint density at radius 3 is 1.11 bits per heavy atom. The third-order valence-electron chi connectivity index (χ3n) is 17.3. The summed E-state index contributed by atoms with van der Waals surface area (Å²) in [4.78, 5) is 126. The van der Waals surface area contributed by atoms with Crippen molar-refractivity contribution in [1.29, 1.82) is 0 Å². The van der Waals surface area contributed by atoms with Gasteiger partial charge in [-0.05, 0) is 72.1 Å². The molecule has 4 saturated carbocycles. The number of carboxylic acid groups (broad SMARTS) is 1. The van der Waals surface area contributed by atoms with Gasteiger partial charge in [0.25, 0.3) is 0 Å². The molecular formula is C53H76O21. The fourth-order valence-electron chi connectivity index (χ4n) is 13.9. The molecule has 74 heavy (non-hydrogen) atoms. The third-order valence-corrected chi connectivity index (χ3v) is 17.3. The van der Waals surface area contributed by atoms with E-state index in [4.69, 9.17) is 37.9 Å². The zero-order valence-electron chi connectivity index (χ0n) is 44.6. The summed E-state index contributed by atoms with van der Waals surface area (Å²) in [5.41, 5.74) is 0. The first-order chi connectivity index (χ1) is 34.6. The van der Waals surface area contributed by atoms with Crippen LogP contribution >= 0.6 is 0 Å². The number of ether oxygens (including phenoxy) is 8. The Morgan fingerprint density at radius 1 is 0.473 bits per heavy atom. The molecule has 4 heterocycles. The van der Waals surface area contributed by atoms with E-state index in [9.17, 15) is 63.0 Å². The van der Waals surface area contributed by atoms with Gasteiger partial charge in [-0.25, -0.2) is 0 Å². The zero-order chi connectivity index (χ0) is 55.5. The van der Waals surface area contributed by atoms with E-state index in [1.165, 1.54) is 34.6 Å². The average Bonchev–Trinajstić information content (AvgIpc) is 3.95. The van der Waals surface area contributed by atoms with E-state index in [2.05, 4.69) is 0 Å². The number of ketones is 1. The molecule has 8 fully saturated rings. The van der Waals surface area contributed by atoms with Gasteiger partial charge in [-0.3, -0.25) is 47.9 Å². The molecular weight excluding hydrogens is 973 g/mol. The van der Waals surface area contributed by atoms with E-state index >= 15 is 0 Å². The van der Waals surface area contributed by atoms with Gasteiger partial charge in [0.1, 0.15) is 60.9 Å². The molecule has 21 heteroatoms. The molecule has 8 rings (SSSR count).